The summed E-state index contributed by atoms with van der Waals surface area (Å²) in [4.78, 5) is 22.3. The molecule has 5 heteroatoms. The largest absolute Gasteiger partial charge is 0.481 e. The van der Waals surface area contributed by atoms with Crippen LogP contribution in [-0.4, -0.2) is 29.3 Å². The Hall–Kier alpha value is -1.52. The van der Waals surface area contributed by atoms with Crippen molar-refractivity contribution in [3.63, 3.8) is 0 Å². The van der Waals surface area contributed by atoms with Gasteiger partial charge in [0.05, 0.1) is 12.0 Å². The lowest BCUT2D eigenvalue weighted by molar-refractivity contribution is -0.139. The van der Waals surface area contributed by atoms with Crippen molar-refractivity contribution in [3.05, 3.63) is 12.7 Å². The molecule has 0 heterocycles. The summed E-state index contributed by atoms with van der Waals surface area (Å²) in [6.07, 6.45) is 5.23. The van der Waals surface area contributed by atoms with E-state index in [4.69, 9.17) is 9.84 Å². The molecular formula is C12H19NO4. The maximum atomic E-state index is 11.5. The van der Waals surface area contributed by atoms with Gasteiger partial charge in [0.15, 0.2) is 0 Å². The van der Waals surface area contributed by atoms with E-state index in [1.807, 2.05) is 0 Å². The summed E-state index contributed by atoms with van der Waals surface area (Å²) in [5, 5.41) is 11.6. The van der Waals surface area contributed by atoms with E-state index in [1.165, 1.54) is 6.08 Å². The average molecular weight is 241 g/mol. The van der Waals surface area contributed by atoms with Crippen LogP contribution >= 0.6 is 0 Å². The van der Waals surface area contributed by atoms with Crippen LogP contribution < -0.4 is 5.32 Å². The summed E-state index contributed by atoms with van der Waals surface area (Å²) in [5.41, 5.74) is -0.637. The quantitative estimate of drug-likeness (QED) is 0.722. The summed E-state index contributed by atoms with van der Waals surface area (Å²) in [5.74, 6) is -0.893. The molecule has 1 fully saturated rings. The molecule has 5 nitrogen and oxygen atoms in total. The normalized spacial score (nSPS) is 18.1. The minimum absolute atomic E-state index is 0.0454. The third kappa shape index (κ3) is 4.46. The SMILES string of the molecule is C=CCOC(=O)NC1(CC(=O)O)CCCCC1. The number of aliphatic carboxylic acids is 1. The lowest BCUT2D eigenvalue weighted by atomic mass is 9.79. The maximum absolute atomic E-state index is 11.5. The average Bonchev–Trinajstić information content (AvgIpc) is 2.26. The van der Waals surface area contributed by atoms with Crippen LogP contribution in [0.25, 0.3) is 0 Å². The number of ether oxygens (including phenoxy) is 1. The molecule has 1 amide bonds. The Balaban J connectivity index is 2.59. The second-order valence-corrected chi connectivity index (χ2v) is 4.42. The zero-order valence-electron chi connectivity index (χ0n) is 9.91. The Bertz CT molecular complexity index is 295. The second kappa shape index (κ2) is 6.27. The summed E-state index contributed by atoms with van der Waals surface area (Å²) >= 11 is 0. The molecule has 0 atom stereocenters. The summed E-state index contributed by atoms with van der Waals surface area (Å²) in [6.45, 7) is 3.58. The van der Waals surface area contributed by atoms with Crippen LogP contribution in [-0.2, 0) is 9.53 Å². The molecule has 0 unspecified atom stereocenters. The molecule has 0 radical (unpaired) electrons. The highest BCUT2D eigenvalue weighted by Crippen LogP contribution is 2.31. The molecule has 96 valence electrons. The molecule has 0 aromatic carbocycles. The molecule has 0 aromatic rings. The van der Waals surface area contributed by atoms with Crippen LogP contribution in [0.2, 0.25) is 0 Å². The fourth-order valence-corrected chi connectivity index (χ4v) is 2.25. The molecule has 1 rings (SSSR count). The molecule has 0 saturated heterocycles. The van der Waals surface area contributed by atoms with Crippen molar-refractivity contribution in [2.75, 3.05) is 6.61 Å². The van der Waals surface area contributed by atoms with Gasteiger partial charge >= 0.3 is 12.1 Å². The van der Waals surface area contributed by atoms with Crippen molar-refractivity contribution in [1.29, 1.82) is 0 Å². The van der Waals surface area contributed by atoms with Gasteiger partial charge in [0.1, 0.15) is 6.61 Å². The van der Waals surface area contributed by atoms with Crippen LogP contribution in [0.15, 0.2) is 12.7 Å². The standard InChI is InChI=1S/C12H19NO4/c1-2-8-17-11(16)13-12(9-10(14)15)6-4-3-5-7-12/h2H,1,3-9H2,(H,13,16)(H,14,15). The van der Waals surface area contributed by atoms with Gasteiger partial charge in [-0.25, -0.2) is 4.79 Å². The highest BCUT2D eigenvalue weighted by molar-refractivity contribution is 5.72. The van der Waals surface area contributed by atoms with Gasteiger partial charge < -0.3 is 15.2 Å². The highest BCUT2D eigenvalue weighted by Gasteiger charge is 2.36. The van der Waals surface area contributed by atoms with E-state index < -0.39 is 17.6 Å². The lowest BCUT2D eigenvalue weighted by Crippen LogP contribution is -2.51. The number of alkyl carbamates (subject to hydrolysis) is 1. The van der Waals surface area contributed by atoms with Gasteiger partial charge in [0.25, 0.3) is 0 Å². The zero-order valence-corrected chi connectivity index (χ0v) is 9.91. The third-order valence-corrected chi connectivity index (χ3v) is 3.00. The van der Waals surface area contributed by atoms with E-state index in [9.17, 15) is 9.59 Å². The monoisotopic (exact) mass is 241 g/mol. The van der Waals surface area contributed by atoms with Gasteiger partial charge in [0.2, 0.25) is 0 Å². The molecule has 0 aliphatic heterocycles. The number of carbonyl (C=O) groups is 2. The Kier molecular flexibility index (Phi) is 5.00. The third-order valence-electron chi connectivity index (χ3n) is 3.00. The topological polar surface area (TPSA) is 75.6 Å². The number of carbonyl (C=O) groups excluding carboxylic acids is 1. The minimum atomic E-state index is -0.893. The van der Waals surface area contributed by atoms with Gasteiger partial charge in [-0.05, 0) is 12.8 Å². The predicted molar refractivity (Wildman–Crippen MR) is 62.7 cm³/mol. The summed E-state index contributed by atoms with van der Waals surface area (Å²) in [6, 6.07) is 0. The fraction of sp³-hybridized carbons (Fsp3) is 0.667. The van der Waals surface area contributed by atoms with E-state index in [1.54, 1.807) is 0 Å². The first kappa shape index (κ1) is 13.5. The second-order valence-electron chi connectivity index (χ2n) is 4.42. The number of rotatable bonds is 5. The van der Waals surface area contributed by atoms with Crippen molar-refractivity contribution in [3.8, 4) is 0 Å². The lowest BCUT2D eigenvalue weighted by Gasteiger charge is -2.36. The first-order valence-electron chi connectivity index (χ1n) is 5.86. The molecule has 0 bridgehead atoms. The summed E-state index contributed by atoms with van der Waals surface area (Å²) < 4.78 is 4.84. The van der Waals surface area contributed by atoms with Crippen molar-refractivity contribution in [2.24, 2.45) is 0 Å². The molecular weight excluding hydrogens is 222 g/mol. The van der Waals surface area contributed by atoms with Crippen LogP contribution in [0.4, 0.5) is 4.79 Å². The Morgan fingerprint density at radius 2 is 2.00 bits per heavy atom. The minimum Gasteiger partial charge on any atom is -0.481 e. The van der Waals surface area contributed by atoms with Gasteiger partial charge in [-0.2, -0.15) is 0 Å². The van der Waals surface area contributed by atoms with E-state index in [2.05, 4.69) is 11.9 Å². The highest BCUT2D eigenvalue weighted by atomic mass is 16.5. The number of carboxylic acid groups (broad SMARTS) is 1. The number of nitrogens with one attached hydrogen (secondary N) is 1. The molecule has 2 N–H and O–H groups in total. The van der Waals surface area contributed by atoms with E-state index in [0.29, 0.717) is 12.8 Å². The molecule has 1 aliphatic rings. The van der Waals surface area contributed by atoms with Crippen LogP contribution in [0.5, 0.6) is 0 Å². The smallest absolute Gasteiger partial charge is 0.407 e. The number of hydrogen-bond acceptors (Lipinski definition) is 3. The Labute approximate surface area is 101 Å². The first-order valence-corrected chi connectivity index (χ1v) is 5.86. The van der Waals surface area contributed by atoms with Gasteiger partial charge in [-0.3, -0.25) is 4.79 Å². The Morgan fingerprint density at radius 1 is 1.35 bits per heavy atom. The number of amides is 1. The predicted octanol–water partition coefficient (Wildman–Crippen LogP) is 2.08. The molecule has 1 aliphatic carbocycles. The molecule has 0 aromatic heterocycles. The van der Waals surface area contributed by atoms with Crippen molar-refractivity contribution < 1.29 is 19.4 Å². The first-order chi connectivity index (χ1) is 8.08. The van der Waals surface area contributed by atoms with Crippen molar-refractivity contribution in [1.82, 2.24) is 5.32 Å². The summed E-state index contributed by atoms with van der Waals surface area (Å²) in [7, 11) is 0. The van der Waals surface area contributed by atoms with Gasteiger partial charge in [-0.15, -0.1) is 0 Å². The molecule has 0 spiro atoms. The maximum Gasteiger partial charge on any atom is 0.407 e. The number of hydrogen-bond donors (Lipinski definition) is 2. The zero-order chi connectivity index (χ0) is 12.7. The molecule has 1 saturated carbocycles. The Morgan fingerprint density at radius 3 is 2.53 bits per heavy atom. The molecule has 17 heavy (non-hydrogen) atoms. The van der Waals surface area contributed by atoms with Crippen molar-refractivity contribution >= 4 is 12.1 Å². The van der Waals surface area contributed by atoms with Crippen LogP contribution in [0, 0.1) is 0 Å². The van der Waals surface area contributed by atoms with Crippen molar-refractivity contribution in [2.45, 2.75) is 44.1 Å². The van der Waals surface area contributed by atoms with E-state index in [0.717, 1.165) is 19.3 Å². The fourth-order valence-electron chi connectivity index (χ4n) is 2.25. The van der Waals surface area contributed by atoms with Crippen LogP contribution in [0.3, 0.4) is 0 Å². The van der Waals surface area contributed by atoms with Crippen LogP contribution in [0.1, 0.15) is 38.5 Å². The number of carboxylic acids is 1. The van der Waals surface area contributed by atoms with E-state index in [-0.39, 0.29) is 13.0 Å². The van der Waals surface area contributed by atoms with Gasteiger partial charge in [-0.1, -0.05) is 31.9 Å². The van der Waals surface area contributed by atoms with Gasteiger partial charge in [0, 0.05) is 0 Å². The van der Waals surface area contributed by atoms with E-state index >= 15 is 0 Å².